The SMILES string of the molecule is Cc1cc2cccccc-2c1-c1ccccc1. The van der Waals surface area contributed by atoms with Crippen LogP contribution in [-0.4, -0.2) is 0 Å². The van der Waals surface area contributed by atoms with Crippen LogP contribution in [0.25, 0.3) is 22.3 Å². The Hall–Kier alpha value is -2.08. The minimum Gasteiger partial charge on any atom is -0.0622 e. The number of aryl methyl sites for hydroxylation is 1. The predicted molar refractivity (Wildman–Crippen MR) is 73.2 cm³/mol. The lowest BCUT2D eigenvalue weighted by atomic mass is 10.0. The molecule has 0 saturated heterocycles. The van der Waals surface area contributed by atoms with Crippen LogP contribution in [0.1, 0.15) is 5.56 Å². The van der Waals surface area contributed by atoms with Gasteiger partial charge in [-0.1, -0.05) is 66.7 Å². The Morgan fingerprint density at radius 2 is 1.24 bits per heavy atom. The van der Waals surface area contributed by atoms with Crippen molar-refractivity contribution in [3.8, 4) is 22.3 Å². The molecule has 0 heteroatoms. The van der Waals surface area contributed by atoms with Gasteiger partial charge in [0.15, 0.2) is 0 Å². The molecule has 0 N–H and O–H groups in total. The van der Waals surface area contributed by atoms with E-state index >= 15 is 0 Å². The van der Waals surface area contributed by atoms with E-state index in [0.717, 1.165) is 0 Å². The van der Waals surface area contributed by atoms with E-state index in [1.165, 1.54) is 27.8 Å². The summed E-state index contributed by atoms with van der Waals surface area (Å²) in [5.74, 6) is 0. The average molecular weight is 218 g/mol. The van der Waals surface area contributed by atoms with E-state index in [9.17, 15) is 0 Å². The first kappa shape index (κ1) is 10.1. The second-order valence-electron chi connectivity index (χ2n) is 4.35. The fourth-order valence-corrected chi connectivity index (χ4v) is 2.42. The Labute approximate surface area is 102 Å². The molecule has 0 fully saturated rings. The molecule has 0 bridgehead atoms. The van der Waals surface area contributed by atoms with Crippen LogP contribution < -0.4 is 0 Å². The zero-order valence-corrected chi connectivity index (χ0v) is 9.85. The number of hydrogen-bond acceptors (Lipinski definition) is 0. The van der Waals surface area contributed by atoms with E-state index in [1.54, 1.807) is 0 Å². The highest BCUT2D eigenvalue weighted by molar-refractivity contribution is 5.89. The maximum Gasteiger partial charge on any atom is -0.00759 e. The van der Waals surface area contributed by atoms with Gasteiger partial charge < -0.3 is 0 Å². The van der Waals surface area contributed by atoms with Crippen LogP contribution in [0.2, 0.25) is 0 Å². The van der Waals surface area contributed by atoms with Gasteiger partial charge in [0.2, 0.25) is 0 Å². The molecule has 2 aliphatic carbocycles. The zero-order valence-electron chi connectivity index (χ0n) is 9.85. The maximum atomic E-state index is 2.26. The highest BCUT2D eigenvalue weighted by Crippen LogP contribution is 2.38. The van der Waals surface area contributed by atoms with Gasteiger partial charge in [-0.15, -0.1) is 0 Å². The smallest absolute Gasteiger partial charge is 0.00759 e. The molecule has 1 aromatic carbocycles. The molecule has 82 valence electrons. The number of fused-ring (bicyclic) bond motifs is 1. The second kappa shape index (κ2) is 4.06. The van der Waals surface area contributed by atoms with Crippen LogP contribution in [0.15, 0.2) is 66.7 Å². The molecule has 0 amide bonds. The number of hydrogen-bond donors (Lipinski definition) is 0. The van der Waals surface area contributed by atoms with Crippen LogP contribution in [0, 0.1) is 6.92 Å². The first-order valence-electron chi connectivity index (χ1n) is 5.90. The summed E-state index contributed by atoms with van der Waals surface area (Å²) in [6.07, 6.45) is 0. The standard InChI is InChI=1S/C17H14/c1-13-12-15-10-6-3-7-11-16(15)17(13)14-8-4-2-5-9-14/h2-12H,1H3. The van der Waals surface area contributed by atoms with E-state index in [0.29, 0.717) is 0 Å². The molecular formula is C17H14. The number of benzene rings is 1. The van der Waals surface area contributed by atoms with Gasteiger partial charge in [-0.3, -0.25) is 0 Å². The van der Waals surface area contributed by atoms with Gasteiger partial charge in [-0.05, 0) is 34.7 Å². The molecule has 0 aromatic heterocycles. The van der Waals surface area contributed by atoms with E-state index in [-0.39, 0.29) is 0 Å². The Morgan fingerprint density at radius 1 is 0.647 bits per heavy atom. The van der Waals surface area contributed by atoms with Crippen molar-refractivity contribution in [3.63, 3.8) is 0 Å². The molecule has 0 atom stereocenters. The van der Waals surface area contributed by atoms with Gasteiger partial charge in [-0.25, -0.2) is 0 Å². The summed E-state index contributed by atoms with van der Waals surface area (Å²) in [7, 11) is 0. The van der Waals surface area contributed by atoms with E-state index in [1.807, 2.05) is 0 Å². The van der Waals surface area contributed by atoms with E-state index in [4.69, 9.17) is 0 Å². The van der Waals surface area contributed by atoms with Gasteiger partial charge >= 0.3 is 0 Å². The Kier molecular flexibility index (Phi) is 2.41. The predicted octanol–water partition coefficient (Wildman–Crippen LogP) is 4.77. The third kappa shape index (κ3) is 1.72. The van der Waals surface area contributed by atoms with Crippen LogP contribution in [0.4, 0.5) is 0 Å². The van der Waals surface area contributed by atoms with E-state index < -0.39 is 0 Å². The molecular weight excluding hydrogens is 204 g/mol. The third-order valence-electron chi connectivity index (χ3n) is 3.17. The number of rotatable bonds is 1. The highest BCUT2D eigenvalue weighted by Gasteiger charge is 2.12. The first-order valence-corrected chi connectivity index (χ1v) is 5.90. The summed E-state index contributed by atoms with van der Waals surface area (Å²) in [6, 6.07) is 23.5. The van der Waals surface area contributed by atoms with Crippen LogP contribution in [-0.2, 0) is 0 Å². The van der Waals surface area contributed by atoms with Crippen molar-refractivity contribution in [2.45, 2.75) is 6.92 Å². The van der Waals surface area contributed by atoms with Crippen molar-refractivity contribution in [1.29, 1.82) is 0 Å². The fraction of sp³-hybridized carbons (Fsp3) is 0.0588. The Bertz CT molecular complexity index is 608. The molecule has 3 rings (SSSR count). The normalized spacial score (nSPS) is 10.6. The van der Waals surface area contributed by atoms with Crippen molar-refractivity contribution >= 4 is 0 Å². The molecule has 17 heavy (non-hydrogen) atoms. The summed E-state index contributed by atoms with van der Waals surface area (Å²) >= 11 is 0. The zero-order chi connectivity index (χ0) is 11.7. The molecule has 0 saturated carbocycles. The minimum absolute atomic E-state index is 1.30. The monoisotopic (exact) mass is 218 g/mol. The lowest BCUT2D eigenvalue weighted by molar-refractivity contribution is 1.53. The van der Waals surface area contributed by atoms with E-state index in [2.05, 4.69) is 73.7 Å². The molecule has 0 unspecified atom stereocenters. The molecule has 1 aromatic rings. The van der Waals surface area contributed by atoms with Crippen LogP contribution >= 0.6 is 0 Å². The van der Waals surface area contributed by atoms with Gasteiger partial charge in [0, 0.05) is 0 Å². The third-order valence-corrected chi connectivity index (χ3v) is 3.17. The minimum atomic E-state index is 1.30. The van der Waals surface area contributed by atoms with Gasteiger partial charge in [0.05, 0.1) is 0 Å². The van der Waals surface area contributed by atoms with Gasteiger partial charge in [0.1, 0.15) is 0 Å². The molecule has 0 spiro atoms. The van der Waals surface area contributed by atoms with Gasteiger partial charge in [0.25, 0.3) is 0 Å². The lowest BCUT2D eigenvalue weighted by Gasteiger charge is -2.03. The summed E-state index contributed by atoms with van der Waals surface area (Å²) in [5, 5.41) is 0. The van der Waals surface area contributed by atoms with Crippen molar-refractivity contribution in [3.05, 3.63) is 72.3 Å². The summed E-state index contributed by atoms with van der Waals surface area (Å²) < 4.78 is 0. The molecule has 2 aliphatic rings. The topological polar surface area (TPSA) is 0 Å². The maximum absolute atomic E-state index is 2.26. The van der Waals surface area contributed by atoms with Crippen LogP contribution in [0.3, 0.4) is 0 Å². The second-order valence-corrected chi connectivity index (χ2v) is 4.35. The average Bonchev–Trinajstić information content (AvgIpc) is 2.52. The van der Waals surface area contributed by atoms with Gasteiger partial charge in [-0.2, -0.15) is 0 Å². The van der Waals surface area contributed by atoms with Crippen molar-refractivity contribution in [1.82, 2.24) is 0 Å². The fourth-order valence-electron chi connectivity index (χ4n) is 2.42. The first-order chi connectivity index (χ1) is 8.36. The Morgan fingerprint density at radius 3 is 1.94 bits per heavy atom. The molecule has 0 nitrogen and oxygen atoms in total. The molecule has 0 heterocycles. The van der Waals surface area contributed by atoms with Crippen LogP contribution in [0.5, 0.6) is 0 Å². The highest BCUT2D eigenvalue weighted by atomic mass is 14.2. The molecule has 0 radical (unpaired) electrons. The Balaban J connectivity index is 2.30. The molecule has 0 aliphatic heterocycles. The summed E-state index contributed by atoms with van der Waals surface area (Å²) in [6.45, 7) is 2.18. The van der Waals surface area contributed by atoms with Crippen molar-refractivity contribution in [2.75, 3.05) is 0 Å². The lowest BCUT2D eigenvalue weighted by Crippen LogP contribution is -1.78. The summed E-state index contributed by atoms with van der Waals surface area (Å²) in [4.78, 5) is 0. The quantitative estimate of drug-likeness (QED) is 0.552. The van der Waals surface area contributed by atoms with Crippen molar-refractivity contribution < 1.29 is 0 Å². The summed E-state index contributed by atoms with van der Waals surface area (Å²) in [5.41, 5.74) is 6.64. The van der Waals surface area contributed by atoms with Crippen molar-refractivity contribution in [2.24, 2.45) is 0 Å². The largest absolute Gasteiger partial charge is 0.0622 e.